The molecular weight excluding hydrogens is 218 g/mol. The van der Waals surface area contributed by atoms with Gasteiger partial charge in [0, 0.05) is 20.4 Å². The van der Waals surface area contributed by atoms with Crippen LogP contribution in [0, 0.1) is 0 Å². The van der Waals surface area contributed by atoms with E-state index < -0.39 is 0 Å². The van der Waals surface area contributed by atoms with E-state index in [0.29, 0.717) is 6.42 Å². The first-order valence-corrected chi connectivity index (χ1v) is 5.29. The van der Waals surface area contributed by atoms with Crippen molar-refractivity contribution in [2.75, 3.05) is 14.2 Å². The lowest BCUT2D eigenvalue weighted by Gasteiger charge is -2.08. The van der Waals surface area contributed by atoms with Crippen molar-refractivity contribution in [1.29, 1.82) is 0 Å². The Bertz CT molecular complexity index is 349. The monoisotopic (exact) mass is 237 g/mol. The Morgan fingerprint density at radius 3 is 2.00 bits per heavy atom. The number of carbonyl (C=O) groups excluding carboxylic acids is 2. The van der Waals surface area contributed by atoms with Gasteiger partial charge in [0.1, 0.15) is 5.78 Å². The molecule has 0 atom stereocenters. The van der Waals surface area contributed by atoms with Crippen LogP contribution in [0.2, 0.25) is 0 Å². The number of Topliss-reactive ketones (excluding diaryl/α,β-unsaturated/α-hetero) is 1. The second kappa shape index (κ2) is 8.47. The minimum absolute atomic E-state index is 0.0949. The van der Waals surface area contributed by atoms with E-state index in [0.717, 1.165) is 10.6 Å². The molecule has 0 aliphatic rings. The van der Waals surface area contributed by atoms with Crippen molar-refractivity contribution >= 4 is 11.7 Å². The quantitative estimate of drug-likeness (QED) is 0.754. The molecule has 0 aliphatic heterocycles. The van der Waals surface area contributed by atoms with E-state index in [1.54, 1.807) is 14.0 Å². The summed E-state index contributed by atoms with van der Waals surface area (Å²) in [4.78, 5) is 25.3. The van der Waals surface area contributed by atoms with Crippen LogP contribution in [-0.2, 0) is 20.8 Å². The molecule has 0 heterocycles. The number of benzene rings is 1. The molecule has 0 bridgehead atoms. The maximum Gasteiger partial charge on any atom is 0.242 e. The van der Waals surface area contributed by atoms with Gasteiger partial charge in [0.25, 0.3) is 0 Å². The van der Waals surface area contributed by atoms with Gasteiger partial charge >= 0.3 is 0 Å². The third-order valence-electron chi connectivity index (χ3n) is 2.01. The van der Waals surface area contributed by atoms with Gasteiger partial charge in [0.2, 0.25) is 5.91 Å². The molecule has 0 radical (unpaired) electrons. The largest absolute Gasteiger partial charge is 0.300 e. The molecule has 1 amide bonds. The summed E-state index contributed by atoms with van der Waals surface area (Å²) in [6.45, 7) is 3.04. The Morgan fingerprint density at radius 2 is 1.71 bits per heavy atom. The molecule has 17 heavy (non-hydrogen) atoms. The highest BCUT2D eigenvalue weighted by atomic mass is 16.7. The minimum Gasteiger partial charge on any atom is -0.300 e. The van der Waals surface area contributed by atoms with Crippen molar-refractivity contribution in [3.05, 3.63) is 35.9 Å². The van der Waals surface area contributed by atoms with Crippen LogP contribution in [0.3, 0.4) is 0 Å². The number of amides is 1. The molecule has 0 saturated heterocycles. The fourth-order valence-electron chi connectivity index (χ4n) is 1.01. The molecule has 0 spiro atoms. The van der Waals surface area contributed by atoms with Crippen LogP contribution >= 0.6 is 0 Å². The number of hydrogen-bond donors (Lipinski definition) is 0. The minimum atomic E-state index is -0.0949. The first kappa shape index (κ1) is 15.3. The summed E-state index contributed by atoms with van der Waals surface area (Å²) in [5, 5.41) is 1.15. The summed E-state index contributed by atoms with van der Waals surface area (Å²) < 4.78 is 0. The highest BCUT2D eigenvalue weighted by molar-refractivity contribution is 5.78. The zero-order chi connectivity index (χ0) is 13.3. The lowest BCUT2D eigenvalue weighted by atomic mass is 10.1. The molecule has 0 unspecified atom stereocenters. The van der Waals surface area contributed by atoms with Gasteiger partial charge in [-0.15, -0.1) is 0 Å². The van der Waals surface area contributed by atoms with Crippen molar-refractivity contribution in [1.82, 2.24) is 5.06 Å². The molecule has 0 aromatic heterocycles. The highest BCUT2D eigenvalue weighted by Gasteiger charge is 1.95. The van der Waals surface area contributed by atoms with Crippen LogP contribution in [0.1, 0.15) is 19.4 Å². The van der Waals surface area contributed by atoms with Crippen molar-refractivity contribution in [3.8, 4) is 0 Å². The molecule has 4 heteroatoms. The summed E-state index contributed by atoms with van der Waals surface area (Å²) in [6, 6.07) is 9.75. The van der Waals surface area contributed by atoms with Crippen molar-refractivity contribution in [2.45, 2.75) is 20.3 Å². The molecule has 0 fully saturated rings. The molecule has 0 saturated carbocycles. The number of nitrogens with zero attached hydrogens (tertiary/aromatic N) is 1. The van der Waals surface area contributed by atoms with Gasteiger partial charge in [-0.05, 0) is 12.5 Å². The topological polar surface area (TPSA) is 46.6 Å². The van der Waals surface area contributed by atoms with E-state index in [4.69, 9.17) is 0 Å². The fraction of sp³-hybridized carbons (Fsp3) is 0.385. The first-order chi connectivity index (χ1) is 7.97. The van der Waals surface area contributed by atoms with E-state index in [9.17, 15) is 9.59 Å². The molecule has 1 aromatic rings. The van der Waals surface area contributed by atoms with Gasteiger partial charge in [-0.25, -0.2) is 5.06 Å². The summed E-state index contributed by atoms with van der Waals surface area (Å²) in [6.07, 6.45) is 0.556. The predicted molar refractivity (Wildman–Crippen MR) is 66.3 cm³/mol. The number of carbonyl (C=O) groups is 2. The Hall–Kier alpha value is -1.68. The number of hydrogen-bond acceptors (Lipinski definition) is 3. The van der Waals surface area contributed by atoms with Gasteiger partial charge in [0.05, 0.1) is 7.11 Å². The lowest BCUT2D eigenvalue weighted by molar-refractivity contribution is -0.165. The number of ketones is 1. The summed E-state index contributed by atoms with van der Waals surface area (Å²) in [5.74, 6) is 0.119. The van der Waals surface area contributed by atoms with Crippen LogP contribution in [-0.4, -0.2) is 30.9 Å². The molecule has 4 nitrogen and oxygen atoms in total. The lowest BCUT2D eigenvalue weighted by Crippen LogP contribution is -2.21. The van der Waals surface area contributed by atoms with Crippen molar-refractivity contribution in [2.24, 2.45) is 0 Å². The van der Waals surface area contributed by atoms with E-state index in [2.05, 4.69) is 4.84 Å². The van der Waals surface area contributed by atoms with E-state index in [-0.39, 0.29) is 11.7 Å². The van der Waals surface area contributed by atoms with Crippen LogP contribution < -0.4 is 0 Å². The van der Waals surface area contributed by atoms with Gasteiger partial charge in [0.15, 0.2) is 0 Å². The summed E-state index contributed by atoms with van der Waals surface area (Å²) in [5.41, 5.74) is 1.09. The van der Waals surface area contributed by atoms with E-state index >= 15 is 0 Å². The van der Waals surface area contributed by atoms with Gasteiger partial charge in [-0.3, -0.25) is 14.4 Å². The molecular formula is C13H19NO3. The van der Waals surface area contributed by atoms with Gasteiger partial charge in [-0.2, -0.15) is 0 Å². The maximum atomic E-state index is 10.6. The Morgan fingerprint density at radius 1 is 1.18 bits per heavy atom. The Kier molecular flexibility index (Phi) is 7.63. The van der Waals surface area contributed by atoms with E-state index in [1.807, 2.05) is 30.3 Å². The zero-order valence-electron chi connectivity index (χ0n) is 10.8. The predicted octanol–water partition coefficient (Wildman–Crippen LogP) is 1.84. The molecule has 94 valence electrons. The Labute approximate surface area is 102 Å². The van der Waals surface area contributed by atoms with Crippen LogP contribution in [0.25, 0.3) is 0 Å². The van der Waals surface area contributed by atoms with Crippen LogP contribution in [0.5, 0.6) is 0 Å². The number of hydroxylamine groups is 2. The highest BCUT2D eigenvalue weighted by Crippen LogP contribution is 1.98. The second-order valence-electron chi connectivity index (χ2n) is 3.56. The third-order valence-corrected chi connectivity index (χ3v) is 2.01. The average Bonchev–Trinajstić information content (AvgIpc) is 2.29. The molecule has 1 rings (SSSR count). The summed E-state index contributed by atoms with van der Waals surface area (Å²) in [7, 11) is 3.00. The van der Waals surface area contributed by atoms with Crippen LogP contribution in [0.15, 0.2) is 30.3 Å². The fourth-order valence-corrected chi connectivity index (χ4v) is 1.01. The average molecular weight is 237 g/mol. The normalized spacial score (nSPS) is 8.94. The maximum absolute atomic E-state index is 10.6. The second-order valence-corrected chi connectivity index (χ2v) is 3.56. The smallest absolute Gasteiger partial charge is 0.242 e. The SMILES string of the molecule is CC(=O)Cc1ccccc1.CON(C)C(C)=O. The molecule has 1 aromatic carbocycles. The van der Waals surface area contributed by atoms with Crippen molar-refractivity contribution in [3.63, 3.8) is 0 Å². The standard InChI is InChI=1S/C9H10O.C4H9NO2/c1-8(10)7-9-5-3-2-4-6-9;1-4(6)5(2)7-3/h2-6H,7H2,1H3;1-3H3. The van der Waals surface area contributed by atoms with Gasteiger partial charge in [-0.1, -0.05) is 30.3 Å². The molecule has 0 aliphatic carbocycles. The number of rotatable bonds is 3. The third kappa shape index (κ3) is 8.16. The first-order valence-electron chi connectivity index (χ1n) is 5.29. The van der Waals surface area contributed by atoms with Crippen molar-refractivity contribution < 1.29 is 14.4 Å². The van der Waals surface area contributed by atoms with Gasteiger partial charge < -0.3 is 0 Å². The van der Waals surface area contributed by atoms with Crippen LogP contribution in [0.4, 0.5) is 0 Å². The zero-order valence-corrected chi connectivity index (χ0v) is 10.8. The molecule has 0 N–H and O–H groups in total. The van der Waals surface area contributed by atoms with E-state index in [1.165, 1.54) is 14.0 Å². The Balaban J connectivity index is 0.000000325. The summed E-state index contributed by atoms with van der Waals surface area (Å²) >= 11 is 0.